The van der Waals surface area contributed by atoms with Gasteiger partial charge in [0.25, 0.3) is 0 Å². The Bertz CT molecular complexity index is 427. The zero-order chi connectivity index (χ0) is 13.7. The third-order valence-corrected chi connectivity index (χ3v) is 5.31. The predicted molar refractivity (Wildman–Crippen MR) is 90.9 cm³/mol. The number of amides is 1. The molecule has 0 aliphatic carbocycles. The topological polar surface area (TPSA) is 32.3 Å². The molecular formula is C14H22BrClN2OS. The van der Waals surface area contributed by atoms with Gasteiger partial charge in [-0.25, -0.2) is 0 Å². The van der Waals surface area contributed by atoms with E-state index in [0.717, 1.165) is 32.4 Å². The molecule has 0 saturated carbocycles. The SMILES string of the molecule is CNC1CCCN(C(=O)CCCc2ccc(Br)s2)C1.Cl. The standard InChI is InChI=1S/C14H21BrN2OS.ClH/c1-16-11-4-3-9-17(10-11)14(18)6-2-5-12-7-8-13(15)19-12;/h7-8,11,16H,2-6,9-10H2,1H3;1H. The summed E-state index contributed by atoms with van der Waals surface area (Å²) in [5.41, 5.74) is 0. The van der Waals surface area contributed by atoms with E-state index in [1.54, 1.807) is 11.3 Å². The Morgan fingerprint density at radius 1 is 1.55 bits per heavy atom. The molecule has 0 spiro atoms. The molecule has 6 heteroatoms. The number of thiophene rings is 1. The lowest BCUT2D eigenvalue weighted by Crippen LogP contribution is -2.46. The summed E-state index contributed by atoms with van der Waals surface area (Å²) in [5, 5.41) is 3.28. The van der Waals surface area contributed by atoms with Gasteiger partial charge in [-0.15, -0.1) is 23.7 Å². The van der Waals surface area contributed by atoms with Gasteiger partial charge >= 0.3 is 0 Å². The van der Waals surface area contributed by atoms with E-state index in [4.69, 9.17) is 0 Å². The number of hydrogen-bond donors (Lipinski definition) is 1. The third kappa shape index (κ3) is 5.35. The van der Waals surface area contributed by atoms with E-state index >= 15 is 0 Å². The smallest absolute Gasteiger partial charge is 0.222 e. The highest BCUT2D eigenvalue weighted by Crippen LogP contribution is 2.23. The van der Waals surface area contributed by atoms with Gasteiger partial charge in [0.15, 0.2) is 0 Å². The maximum Gasteiger partial charge on any atom is 0.222 e. The first-order valence-corrected chi connectivity index (χ1v) is 8.49. The van der Waals surface area contributed by atoms with Crippen LogP contribution in [0.2, 0.25) is 0 Å². The summed E-state index contributed by atoms with van der Waals surface area (Å²) in [7, 11) is 1.98. The van der Waals surface area contributed by atoms with Gasteiger partial charge in [0.05, 0.1) is 3.79 Å². The molecule has 1 N–H and O–H groups in total. The molecule has 0 bridgehead atoms. The lowest BCUT2D eigenvalue weighted by molar-refractivity contribution is -0.132. The van der Waals surface area contributed by atoms with Crippen LogP contribution >= 0.6 is 39.7 Å². The molecule has 2 rings (SSSR count). The van der Waals surface area contributed by atoms with E-state index in [1.165, 1.54) is 15.1 Å². The molecule has 20 heavy (non-hydrogen) atoms. The van der Waals surface area contributed by atoms with Gasteiger partial charge in [0.1, 0.15) is 0 Å². The van der Waals surface area contributed by atoms with Gasteiger partial charge in [0.2, 0.25) is 5.91 Å². The van der Waals surface area contributed by atoms with Crippen LogP contribution in [-0.4, -0.2) is 37.0 Å². The Labute approximate surface area is 139 Å². The second-order valence-electron chi connectivity index (χ2n) is 5.03. The highest BCUT2D eigenvalue weighted by Gasteiger charge is 2.21. The van der Waals surface area contributed by atoms with Gasteiger partial charge in [0, 0.05) is 30.4 Å². The number of piperidine rings is 1. The van der Waals surface area contributed by atoms with E-state index in [1.807, 2.05) is 11.9 Å². The molecule has 3 nitrogen and oxygen atoms in total. The maximum absolute atomic E-state index is 12.1. The lowest BCUT2D eigenvalue weighted by Gasteiger charge is -2.32. The summed E-state index contributed by atoms with van der Waals surface area (Å²) in [6.45, 7) is 1.81. The fourth-order valence-electron chi connectivity index (χ4n) is 2.50. The van der Waals surface area contributed by atoms with E-state index in [0.29, 0.717) is 18.4 Å². The Balaban J connectivity index is 0.00000200. The monoisotopic (exact) mass is 380 g/mol. The first-order chi connectivity index (χ1) is 9.19. The Hall–Kier alpha value is -0.100. The van der Waals surface area contributed by atoms with Gasteiger partial charge in [-0.05, 0) is 60.8 Å². The number of nitrogens with zero attached hydrogens (tertiary/aromatic N) is 1. The number of nitrogens with one attached hydrogen (secondary N) is 1. The van der Waals surface area contributed by atoms with Crippen LogP contribution in [0.15, 0.2) is 15.9 Å². The van der Waals surface area contributed by atoms with Gasteiger partial charge < -0.3 is 10.2 Å². The molecule has 1 atom stereocenters. The number of halogens is 2. The third-order valence-electron chi connectivity index (χ3n) is 3.63. The molecule has 2 heterocycles. The van der Waals surface area contributed by atoms with E-state index in [2.05, 4.69) is 33.4 Å². The van der Waals surface area contributed by atoms with Crippen molar-refractivity contribution in [1.82, 2.24) is 10.2 Å². The van der Waals surface area contributed by atoms with Crippen LogP contribution in [0.3, 0.4) is 0 Å². The number of carbonyl (C=O) groups excluding carboxylic acids is 1. The second-order valence-corrected chi connectivity index (χ2v) is 7.57. The second kappa shape index (κ2) is 9.03. The Kier molecular flexibility index (Phi) is 8.10. The van der Waals surface area contributed by atoms with Crippen molar-refractivity contribution in [2.75, 3.05) is 20.1 Å². The van der Waals surface area contributed by atoms with E-state index in [-0.39, 0.29) is 12.4 Å². The van der Waals surface area contributed by atoms with Gasteiger partial charge in [-0.2, -0.15) is 0 Å². The van der Waals surface area contributed by atoms with E-state index < -0.39 is 0 Å². The Morgan fingerprint density at radius 3 is 3.00 bits per heavy atom. The summed E-state index contributed by atoms with van der Waals surface area (Å²) < 4.78 is 1.17. The van der Waals surface area contributed by atoms with Crippen LogP contribution in [0.1, 0.15) is 30.6 Å². The van der Waals surface area contributed by atoms with Crippen molar-refractivity contribution in [1.29, 1.82) is 0 Å². The van der Waals surface area contributed by atoms with Crippen molar-refractivity contribution >= 4 is 45.6 Å². The molecule has 1 aromatic heterocycles. The molecule has 0 aromatic carbocycles. The quantitative estimate of drug-likeness (QED) is 0.847. The van der Waals surface area contributed by atoms with Crippen molar-refractivity contribution in [3.63, 3.8) is 0 Å². The van der Waals surface area contributed by atoms with Crippen LogP contribution in [0.4, 0.5) is 0 Å². The van der Waals surface area contributed by atoms with Gasteiger partial charge in [-0.3, -0.25) is 4.79 Å². The predicted octanol–water partition coefficient (Wildman–Crippen LogP) is 3.47. The molecule has 1 unspecified atom stereocenters. The zero-order valence-corrected chi connectivity index (χ0v) is 15.0. The highest BCUT2D eigenvalue weighted by atomic mass is 79.9. The number of rotatable bonds is 5. The zero-order valence-electron chi connectivity index (χ0n) is 11.7. The van der Waals surface area contributed by atoms with Crippen molar-refractivity contribution in [3.05, 3.63) is 20.8 Å². The largest absolute Gasteiger partial charge is 0.341 e. The number of likely N-dealkylation sites (tertiary alicyclic amines) is 1. The number of likely N-dealkylation sites (N-methyl/N-ethyl adjacent to an activating group) is 1. The Morgan fingerprint density at radius 2 is 2.35 bits per heavy atom. The van der Waals surface area contributed by atoms with Crippen LogP contribution < -0.4 is 5.32 Å². The summed E-state index contributed by atoms with van der Waals surface area (Å²) in [4.78, 5) is 15.5. The molecule has 1 amide bonds. The van der Waals surface area contributed by atoms with Crippen molar-refractivity contribution in [3.8, 4) is 0 Å². The first kappa shape index (κ1) is 18.0. The average Bonchev–Trinajstić information content (AvgIpc) is 2.84. The van der Waals surface area contributed by atoms with Crippen LogP contribution in [-0.2, 0) is 11.2 Å². The minimum absolute atomic E-state index is 0. The lowest BCUT2D eigenvalue weighted by atomic mass is 10.1. The fourth-order valence-corrected chi connectivity index (χ4v) is 4.02. The van der Waals surface area contributed by atoms with Gasteiger partial charge in [-0.1, -0.05) is 0 Å². The molecular weight excluding hydrogens is 360 g/mol. The number of aryl methyl sites for hydroxylation is 1. The highest BCUT2D eigenvalue weighted by molar-refractivity contribution is 9.11. The van der Waals surface area contributed by atoms with Crippen LogP contribution in [0.5, 0.6) is 0 Å². The first-order valence-electron chi connectivity index (χ1n) is 6.88. The molecule has 1 aromatic rings. The van der Waals surface area contributed by atoms with E-state index in [9.17, 15) is 4.79 Å². The van der Waals surface area contributed by atoms with Crippen molar-refractivity contribution < 1.29 is 4.79 Å². The van der Waals surface area contributed by atoms with Crippen molar-refractivity contribution in [2.45, 2.75) is 38.1 Å². The summed E-state index contributed by atoms with van der Waals surface area (Å²) in [6.07, 6.45) is 4.93. The number of carbonyl (C=O) groups is 1. The number of hydrogen-bond acceptors (Lipinski definition) is 3. The molecule has 1 saturated heterocycles. The fraction of sp³-hybridized carbons (Fsp3) is 0.643. The molecule has 1 fully saturated rings. The summed E-state index contributed by atoms with van der Waals surface area (Å²) in [6, 6.07) is 4.69. The van der Waals surface area contributed by atoms with Crippen LogP contribution in [0, 0.1) is 0 Å². The minimum Gasteiger partial charge on any atom is -0.341 e. The molecule has 1 aliphatic rings. The normalized spacial score (nSPS) is 18.7. The van der Waals surface area contributed by atoms with Crippen molar-refractivity contribution in [2.24, 2.45) is 0 Å². The summed E-state index contributed by atoms with van der Waals surface area (Å²) in [5.74, 6) is 0.315. The molecule has 114 valence electrons. The maximum atomic E-state index is 12.1. The van der Waals surface area contributed by atoms with Crippen LogP contribution in [0.25, 0.3) is 0 Å². The average molecular weight is 382 g/mol. The molecule has 0 radical (unpaired) electrons. The summed E-state index contributed by atoms with van der Waals surface area (Å²) >= 11 is 5.23. The minimum atomic E-state index is 0. The molecule has 1 aliphatic heterocycles.